The summed E-state index contributed by atoms with van der Waals surface area (Å²) in [6, 6.07) is 5.57. The summed E-state index contributed by atoms with van der Waals surface area (Å²) in [5.74, 6) is 0.130. The van der Waals surface area contributed by atoms with Gasteiger partial charge in [-0.1, -0.05) is 20.8 Å². The van der Waals surface area contributed by atoms with E-state index in [4.69, 9.17) is 0 Å². The number of hydrogen-bond acceptors (Lipinski definition) is 7. The van der Waals surface area contributed by atoms with Crippen molar-refractivity contribution in [1.29, 1.82) is 5.26 Å². The molecule has 30 heavy (non-hydrogen) atoms. The van der Waals surface area contributed by atoms with Gasteiger partial charge >= 0.3 is 0 Å². The lowest BCUT2D eigenvalue weighted by Gasteiger charge is -2.15. The molecular formula is C21H22N6O2S. The lowest BCUT2D eigenvalue weighted by molar-refractivity contribution is -0.124. The van der Waals surface area contributed by atoms with Crippen LogP contribution in [0.15, 0.2) is 30.1 Å². The van der Waals surface area contributed by atoms with Gasteiger partial charge in [0, 0.05) is 30.6 Å². The van der Waals surface area contributed by atoms with E-state index in [-0.39, 0.29) is 17.3 Å². The van der Waals surface area contributed by atoms with Crippen molar-refractivity contribution < 1.29 is 9.59 Å². The van der Waals surface area contributed by atoms with Gasteiger partial charge in [-0.2, -0.15) is 5.26 Å². The second-order valence-corrected chi connectivity index (χ2v) is 9.05. The first kappa shape index (κ1) is 21.2. The van der Waals surface area contributed by atoms with Gasteiger partial charge in [-0.3, -0.25) is 9.59 Å². The number of aromatic amines is 1. The molecule has 0 bridgehead atoms. The summed E-state index contributed by atoms with van der Waals surface area (Å²) in [7, 11) is 3.20. The number of thiophene rings is 1. The summed E-state index contributed by atoms with van der Waals surface area (Å²) in [6.45, 7) is 5.59. The van der Waals surface area contributed by atoms with Crippen LogP contribution in [0.4, 0.5) is 10.8 Å². The normalized spacial score (nSPS) is 11.9. The number of amides is 1. The van der Waals surface area contributed by atoms with Gasteiger partial charge in [0.05, 0.1) is 16.8 Å². The number of nitrogens with zero attached hydrogens (tertiary/aromatic N) is 4. The highest BCUT2D eigenvalue weighted by atomic mass is 32.1. The Morgan fingerprint density at radius 3 is 2.67 bits per heavy atom. The Labute approximate surface area is 178 Å². The molecule has 0 aromatic carbocycles. The van der Waals surface area contributed by atoms with Crippen LogP contribution < -0.4 is 5.32 Å². The number of nitrogens with one attached hydrogen (secondary N) is 2. The Morgan fingerprint density at radius 1 is 1.30 bits per heavy atom. The van der Waals surface area contributed by atoms with Crippen LogP contribution >= 0.6 is 11.3 Å². The molecule has 154 valence electrons. The molecule has 2 N–H and O–H groups in total. The van der Waals surface area contributed by atoms with Crippen molar-refractivity contribution in [1.82, 2.24) is 19.9 Å². The van der Waals surface area contributed by atoms with Gasteiger partial charge in [0.2, 0.25) is 0 Å². The van der Waals surface area contributed by atoms with Crippen molar-refractivity contribution in [3.8, 4) is 6.07 Å². The molecule has 0 radical (unpaired) electrons. The zero-order chi connectivity index (χ0) is 22.1. The number of Topliss-reactive ketones (excluding diaryl/α,β-unsaturated/α-hetero) is 1. The fourth-order valence-corrected chi connectivity index (χ4v) is 3.54. The Hall–Kier alpha value is -3.51. The highest BCUT2D eigenvalue weighted by molar-refractivity contribution is 7.17. The van der Waals surface area contributed by atoms with Gasteiger partial charge in [-0.25, -0.2) is 9.97 Å². The molecule has 0 fully saturated rings. The minimum atomic E-state index is -0.530. The van der Waals surface area contributed by atoms with Gasteiger partial charge in [0.25, 0.3) is 5.91 Å². The Kier molecular flexibility index (Phi) is 5.71. The minimum absolute atomic E-state index is 0.0154. The monoisotopic (exact) mass is 422 g/mol. The largest absolute Gasteiger partial charge is 0.344 e. The smallest absolute Gasteiger partial charge is 0.264 e. The average molecular weight is 423 g/mol. The maximum Gasteiger partial charge on any atom is 0.264 e. The van der Waals surface area contributed by atoms with E-state index < -0.39 is 5.41 Å². The number of nitriles is 1. The summed E-state index contributed by atoms with van der Waals surface area (Å²) in [5.41, 5.74) is 1.10. The van der Waals surface area contributed by atoms with Gasteiger partial charge < -0.3 is 15.2 Å². The van der Waals surface area contributed by atoms with Gasteiger partial charge in [0.15, 0.2) is 11.4 Å². The van der Waals surface area contributed by atoms with E-state index in [9.17, 15) is 14.9 Å². The number of carbonyl (C=O) groups is 2. The molecule has 3 rings (SSSR count). The molecule has 0 saturated carbocycles. The van der Waals surface area contributed by atoms with Crippen molar-refractivity contribution in [2.75, 3.05) is 19.4 Å². The predicted molar refractivity (Wildman–Crippen MR) is 118 cm³/mol. The summed E-state index contributed by atoms with van der Waals surface area (Å²) in [5, 5.41) is 13.2. The average Bonchev–Trinajstić information content (AvgIpc) is 3.30. The Balaban J connectivity index is 1.87. The molecule has 0 atom stereocenters. The van der Waals surface area contributed by atoms with E-state index in [1.807, 2.05) is 39.0 Å². The molecule has 8 nitrogen and oxygen atoms in total. The number of carbonyl (C=O) groups excluding carboxylic acids is 2. The maximum atomic E-state index is 12.7. The molecule has 3 aromatic rings. The van der Waals surface area contributed by atoms with Crippen molar-refractivity contribution >= 4 is 51.1 Å². The second-order valence-electron chi connectivity index (χ2n) is 7.93. The van der Waals surface area contributed by atoms with Crippen molar-refractivity contribution in [2.24, 2.45) is 5.41 Å². The summed E-state index contributed by atoms with van der Waals surface area (Å²) >= 11 is 1.37. The number of hydrogen-bond donors (Lipinski definition) is 2. The molecule has 0 unspecified atom stereocenters. The number of likely N-dealkylation sites (N-methyl/N-ethyl adjacent to an activating group) is 1. The van der Waals surface area contributed by atoms with Crippen LogP contribution in [-0.4, -0.2) is 45.6 Å². The van der Waals surface area contributed by atoms with Crippen molar-refractivity contribution in [2.45, 2.75) is 20.8 Å². The van der Waals surface area contributed by atoms with Crippen molar-refractivity contribution in [3.63, 3.8) is 0 Å². The Morgan fingerprint density at radius 2 is 2.03 bits per heavy atom. The number of ketones is 1. The first-order valence-electron chi connectivity index (χ1n) is 9.19. The highest BCUT2D eigenvalue weighted by Gasteiger charge is 2.26. The molecule has 3 aromatic heterocycles. The number of anilines is 2. The number of rotatable bonds is 5. The number of fused-ring (bicyclic) bond motifs is 1. The number of aromatic nitrogens is 3. The lowest BCUT2D eigenvalue weighted by Crippen LogP contribution is -2.22. The third-order valence-corrected chi connectivity index (χ3v) is 5.18. The van der Waals surface area contributed by atoms with Crippen LogP contribution in [0, 0.1) is 16.7 Å². The van der Waals surface area contributed by atoms with E-state index in [1.54, 1.807) is 32.6 Å². The molecule has 0 saturated heterocycles. The fourth-order valence-electron chi connectivity index (χ4n) is 2.68. The molecule has 9 heteroatoms. The minimum Gasteiger partial charge on any atom is -0.344 e. The lowest BCUT2D eigenvalue weighted by atomic mass is 9.87. The van der Waals surface area contributed by atoms with Gasteiger partial charge in [-0.15, -0.1) is 11.3 Å². The quantitative estimate of drug-likeness (QED) is 0.365. The molecule has 0 aliphatic heterocycles. The van der Waals surface area contributed by atoms with Crippen molar-refractivity contribution in [3.05, 3.63) is 40.5 Å². The third-order valence-electron chi connectivity index (χ3n) is 4.23. The van der Waals surface area contributed by atoms with E-state index in [0.717, 1.165) is 9.88 Å². The molecule has 1 amide bonds. The van der Waals surface area contributed by atoms with E-state index in [0.29, 0.717) is 22.5 Å². The number of H-pyrrole nitrogens is 1. The molecule has 0 aliphatic rings. The molecule has 0 spiro atoms. The predicted octanol–water partition coefficient (Wildman–Crippen LogP) is 3.99. The molecule has 3 heterocycles. The fraction of sp³-hybridized carbons (Fsp3) is 0.286. The van der Waals surface area contributed by atoms with Gasteiger partial charge in [0.1, 0.15) is 23.0 Å². The summed E-state index contributed by atoms with van der Waals surface area (Å²) in [4.78, 5) is 38.7. The topological polar surface area (TPSA) is 115 Å². The zero-order valence-corrected chi connectivity index (χ0v) is 18.2. The maximum absolute atomic E-state index is 12.7. The van der Waals surface area contributed by atoms with Crippen LogP contribution in [-0.2, 0) is 4.79 Å². The van der Waals surface area contributed by atoms with E-state index in [1.165, 1.54) is 16.2 Å². The SMILES string of the molecule is CN(C)C(=O)/C(C#N)=C\c1ccc(Nc2cnc3[nH]cc(C(=O)C(C)(C)C)c3n2)s1. The standard InChI is InChI=1S/C21H22N6O2S/c1-21(2,3)18(28)14-10-23-19-17(14)26-15(11-24-19)25-16-7-6-13(30-16)8-12(9-22)20(29)27(4)5/h6-8,10-11H,1-5H3,(H,23,24)(H,25,26)/b12-8-. The molecular weight excluding hydrogens is 400 g/mol. The highest BCUT2D eigenvalue weighted by Crippen LogP contribution is 2.29. The van der Waals surface area contributed by atoms with E-state index >= 15 is 0 Å². The van der Waals surface area contributed by atoms with Crippen LogP contribution in [0.3, 0.4) is 0 Å². The third kappa shape index (κ3) is 4.39. The first-order valence-corrected chi connectivity index (χ1v) is 10.0. The zero-order valence-electron chi connectivity index (χ0n) is 17.4. The Bertz CT molecular complexity index is 1190. The first-order chi connectivity index (χ1) is 14.1. The van der Waals surface area contributed by atoms with Crippen LogP contribution in [0.1, 0.15) is 36.0 Å². The van der Waals surface area contributed by atoms with E-state index in [2.05, 4.69) is 20.3 Å². The van der Waals surface area contributed by atoms with Crippen LogP contribution in [0.5, 0.6) is 0 Å². The summed E-state index contributed by atoms with van der Waals surface area (Å²) in [6.07, 6.45) is 4.77. The van der Waals surface area contributed by atoms with Crippen LogP contribution in [0.25, 0.3) is 17.2 Å². The van der Waals surface area contributed by atoms with Gasteiger partial charge in [-0.05, 0) is 18.2 Å². The van der Waals surface area contributed by atoms with Crippen LogP contribution in [0.2, 0.25) is 0 Å². The molecule has 0 aliphatic carbocycles. The summed E-state index contributed by atoms with van der Waals surface area (Å²) < 4.78 is 0. The second kappa shape index (κ2) is 8.08.